The van der Waals surface area contributed by atoms with Crippen LogP contribution < -0.4 is 16.0 Å². The summed E-state index contributed by atoms with van der Waals surface area (Å²) in [5, 5.41) is 16.8. The fraction of sp³-hybridized carbons (Fsp3) is 0.500. The first-order chi connectivity index (χ1) is 15.0. The molecule has 0 radical (unpaired) electrons. The second-order valence-corrected chi connectivity index (χ2v) is 8.74. The molecule has 1 saturated carbocycles. The first-order valence-electron chi connectivity index (χ1n) is 11.0. The minimum atomic E-state index is -0.848. The first kappa shape index (κ1) is 19.7. The maximum Gasteiger partial charge on any atom is 0.322 e. The maximum atomic E-state index is 12.9. The number of anilines is 1. The Bertz CT molecular complexity index is 1040. The van der Waals surface area contributed by atoms with E-state index in [9.17, 15) is 14.4 Å². The average Bonchev–Trinajstić information content (AvgIpc) is 3.18. The molecular weight excluding hydrogens is 396 g/mol. The standard InChI is InChI=1S/C22H26N6O3/c29-19(14-8-10-22(11-9-14)20(30)24-21(31)25-22)23-16-6-4-5-15(13-16)18-27-26-17-7-2-1-3-12-28(17)18/h4-6,13-14H,1-3,7-12H2,(H,23,29)(H2,24,25,30,31). The van der Waals surface area contributed by atoms with Gasteiger partial charge in [0.05, 0.1) is 0 Å². The lowest BCUT2D eigenvalue weighted by atomic mass is 9.76. The van der Waals surface area contributed by atoms with E-state index in [1.54, 1.807) is 0 Å². The molecule has 1 aromatic carbocycles. The highest BCUT2D eigenvalue weighted by atomic mass is 16.2. The third kappa shape index (κ3) is 3.68. The van der Waals surface area contributed by atoms with Gasteiger partial charge in [0, 0.05) is 30.1 Å². The number of nitrogens with zero attached hydrogens (tertiary/aromatic N) is 3. The molecule has 0 bridgehead atoms. The molecule has 9 heteroatoms. The topological polar surface area (TPSA) is 118 Å². The van der Waals surface area contributed by atoms with Crippen molar-refractivity contribution in [2.45, 2.75) is 63.5 Å². The van der Waals surface area contributed by atoms with Crippen LogP contribution in [-0.2, 0) is 22.6 Å². The molecule has 4 amide bonds. The fourth-order valence-corrected chi connectivity index (χ4v) is 4.93. The summed E-state index contributed by atoms with van der Waals surface area (Å²) in [4.78, 5) is 36.4. The van der Waals surface area contributed by atoms with Gasteiger partial charge in [-0.15, -0.1) is 10.2 Å². The Morgan fingerprint density at radius 1 is 1.13 bits per heavy atom. The zero-order valence-electron chi connectivity index (χ0n) is 17.3. The third-order valence-electron chi connectivity index (χ3n) is 6.72. The highest BCUT2D eigenvalue weighted by Gasteiger charge is 2.48. The summed E-state index contributed by atoms with van der Waals surface area (Å²) >= 11 is 0. The predicted molar refractivity (Wildman–Crippen MR) is 113 cm³/mol. The van der Waals surface area contributed by atoms with Crippen LogP contribution in [0.15, 0.2) is 24.3 Å². The van der Waals surface area contributed by atoms with Crippen molar-refractivity contribution >= 4 is 23.5 Å². The minimum Gasteiger partial charge on any atom is -0.326 e. The van der Waals surface area contributed by atoms with Gasteiger partial charge in [-0.25, -0.2) is 4.79 Å². The van der Waals surface area contributed by atoms with Crippen LogP contribution in [0.3, 0.4) is 0 Å². The monoisotopic (exact) mass is 422 g/mol. The predicted octanol–water partition coefficient (Wildman–Crippen LogP) is 2.38. The van der Waals surface area contributed by atoms with E-state index in [1.807, 2.05) is 24.3 Å². The Balaban J connectivity index is 1.27. The van der Waals surface area contributed by atoms with Crippen LogP contribution in [-0.4, -0.2) is 38.1 Å². The van der Waals surface area contributed by atoms with E-state index >= 15 is 0 Å². The molecule has 2 aliphatic heterocycles. The summed E-state index contributed by atoms with van der Waals surface area (Å²) in [5.41, 5.74) is 0.811. The molecular formula is C22H26N6O3. The molecule has 162 valence electrons. The number of carbonyl (C=O) groups is 3. The van der Waals surface area contributed by atoms with E-state index in [4.69, 9.17) is 0 Å². The number of hydrogen-bond donors (Lipinski definition) is 3. The number of benzene rings is 1. The molecule has 31 heavy (non-hydrogen) atoms. The fourth-order valence-electron chi connectivity index (χ4n) is 4.93. The summed E-state index contributed by atoms with van der Waals surface area (Å²) in [6.45, 7) is 0.919. The van der Waals surface area contributed by atoms with Crippen molar-refractivity contribution in [2.24, 2.45) is 5.92 Å². The molecule has 2 fully saturated rings. The van der Waals surface area contributed by atoms with E-state index in [-0.39, 0.29) is 17.7 Å². The van der Waals surface area contributed by atoms with Gasteiger partial charge < -0.3 is 15.2 Å². The molecule has 0 unspecified atom stereocenters. The number of fused-ring (bicyclic) bond motifs is 1. The lowest BCUT2D eigenvalue weighted by molar-refractivity contribution is -0.128. The van der Waals surface area contributed by atoms with Crippen molar-refractivity contribution in [1.29, 1.82) is 0 Å². The van der Waals surface area contributed by atoms with Gasteiger partial charge in [-0.3, -0.25) is 14.9 Å². The number of urea groups is 1. The van der Waals surface area contributed by atoms with Crippen molar-refractivity contribution in [2.75, 3.05) is 5.32 Å². The van der Waals surface area contributed by atoms with Gasteiger partial charge in [-0.2, -0.15) is 0 Å². The average molecular weight is 422 g/mol. The van der Waals surface area contributed by atoms with Crippen LogP contribution in [0.1, 0.15) is 50.8 Å². The molecule has 3 N–H and O–H groups in total. The van der Waals surface area contributed by atoms with E-state index in [0.29, 0.717) is 25.7 Å². The van der Waals surface area contributed by atoms with Gasteiger partial charge in [0.1, 0.15) is 11.4 Å². The largest absolute Gasteiger partial charge is 0.326 e. The van der Waals surface area contributed by atoms with Crippen LogP contribution in [0.25, 0.3) is 11.4 Å². The number of imide groups is 1. The second kappa shape index (κ2) is 7.79. The smallest absolute Gasteiger partial charge is 0.322 e. The number of amides is 4. The normalized spacial score (nSPS) is 25.5. The summed E-state index contributed by atoms with van der Waals surface area (Å²) in [6, 6.07) is 7.27. The Hall–Kier alpha value is -3.23. The van der Waals surface area contributed by atoms with Crippen molar-refractivity contribution in [1.82, 2.24) is 25.4 Å². The van der Waals surface area contributed by atoms with Crippen LogP contribution in [0, 0.1) is 5.92 Å². The summed E-state index contributed by atoms with van der Waals surface area (Å²) < 4.78 is 2.19. The molecule has 1 aliphatic carbocycles. The summed E-state index contributed by atoms with van der Waals surface area (Å²) in [5.74, 6) is 1.34. The van der Waals surface area contributed by atoms with Crippen LogP contribution in [0.5, 0.6) is 0 Å². The Morgan fingerprint density at radius 3 is 2.74 bits per heavy atom. The Kier molecular flexibility index (Phi) is 4.95. The molecule has 3 aliphatic rings. The van der Waals surface area contributed by atoms with Gasteiger partial charge in [0.25, 0.3) is 5.91 Å². The Labute approximate surface area is 180 Å². The minimum absolute atomic E-state index is 0.0585. The van der Waals surface area contributed by atoms with E-state index in [0.717, 1.165) is 48.7 Å². The summed E-state index contributed by atoms with van der Waals surface area (Å²) in [7, 11) is 0. The first-order valence-corrected chi connectivity index (χ1v) is 11.0. The molecule has 1 spiro atoms. The van der Waals surface area contributed by atoms with Gasteiger partial charge in [-0.1, -0.05) is 18.6 Å². The Morgan fingerprint density at radius 2 is 1.97 bits per heavy atom. The lowest BCUT2D eigenvalue weighted by Crippen LogP contribution is -2.50. The van der Waals surface area contributed by atoms with Crippen molar-refractivity contribution < 1.29 is 14.4 Å². The lowest BCUT2D eigenvalue weighted by Gasteiger charge is -2.33. The molecule has 1 aromatic heterocycles. The number of aryl methyl sites for hydroxylation is 1. The SMILES string of the molecule is O=C1NC(=O)C2(CCC(C(=O)Nc3cccc(-c4nnc5n4CCCCC5)c3)CC2)N1. The molecule has 9 nitrogen and oxygen atoms in total. The number of hydrogen-bond acceptors (Lipinski definition) is 5. The number of carbonyl (C=O) groups excluding carboxylic acids is 3. The number of rotatable bonds is 3. The number of aromatic nitrogens is 3. The highest BCUT2D eigenvalue weighted by Crippen LogP contribution is 2.35. The van der Waals surface area contributed by atoms with Crippen LogP contribution in [0.4, 0.5) is 10.5 Å². The third-order valence-corrected chi connectivity index (χ3v) is 6.72. The van der Waals surface area contributed by atoms with E-state index in [1.165, 1.54) is 6.42 Å². The molecule has 0 atom stereocenters. The van der Waals surface area contributed by atoms with Crippen molar-refractivity contribution in [3.8, 4) is 11.4 Å². The van der Waals surface area contributed by atoms with Crippen molar-refractivity contribution in [3.05, 3.63) is 30.1 Å². The number of nitrogens with one attached hydrogen (secondary N) is 3. The molecule has 5 rings (SSSR count). The van der Waals surface area contributed by atoms with Crippen LogP contribution in [0.2, 0.25) is 0 Å². The van der Waals surface area contributed by atoms with Crippen molar-refractivity contribution in [3.63, 3.8) is 0 Å². The van der Waals surface area contributed by atoms with Gasteiger partial charge >= 0.3 is 6.03 Å². The maximum absolute atomic E-state index is 12.9. The van der Waals surface area contributed by atoms with Gasteiger partial charge in [0.2, 0.25) is 5.91 Å². The zero-order chi connectivity index (χ0) is 21.4. The highest BCUT2D eigenvalue weighted by molar-refractivity contribution is 6.07. The van der Waals surface area contributed by atoms with E-state index < -0.39 is 11.6 Å². The zero-order valence-corrected chi connectivity index (χ0v) is 17.3. The quantitative estimate of drug-likeness (QED) is 0.657. The second-order valence-electron chi connectivity index (χ2n) is 8.74. The van der Waals surface area contributed by atoms with Crippen LogP contribution >= 0.6 is 0 Å². The molecule has 3 heterocycles. The summed E-state index contributed by atoms with van der Waals surface area (Å²) in [6.07, 6.45) is 6.45. The van der Waals surface area contributed by atoms with Gasteiger partial charge in [-0.05, 0) is 50.7 Å². The molecule has 1 saturated heterocycles. The van der Waals surface area contributed by atoms with Gasteiger partial charge in [0.15, 0.2) is 5.82 Å². The molecule has 2 aromatic rings. The van der Waals surface area contributed by atoms with E-state index in [2.05, 4.69) is 30.7 Å².